The first-order chi connectivity index (χ1) is 12.7. The number of rotatable bonds is 6. The first-order valence-corrected chi connectivity index (χ1v) is 10.5. The van der Waals surface area contributed by atoms with Crippen LogP contribution in [0.1, 0.15) is 48.9 Å². The number of hydrogen-bond donors (Lipinski definition) is 2. The summed E-state index contributed by atoms with van der Waals surface area (Å²) in [4.78, 5) is 26.0. The molecule has 26 heavy (non-hydrogen) atoms. The summed E-state index contributed by atoms with van der Waals surface area (Å²) in [5.74, 6) is 1.87. The Morgan fingerprint density at radius 3 is 2.77 bits per heavy atom. The number of amides is 1. The highest BCUT2D eigenvalue weighted by Crippen LogP contribution is 2.39. The molecule has 140 valence electrons. The molecule has 2 aromatic rings. The molecule has 0 unspecified atom stereocenters. The van der Waals surface area contributed by atoms with Gasteiger partial charge in [-0.3, -0.25) is 9.69 Å². The number of aromatic nitrogens is 2. The summed E-state index contributed by atoms with van der Waals surface area (Å²) >= 11 is 1.84. The Morgan fingerprint density at radius 2 is 1.96 bits per heavy atom. The molecule has 1 amide bonds. The predicted octanol–water partition coefficient (Wildman–Crippen LogP) is 2.71. The van der Waals surface area contributed by atoms with Crippen LogP contribution >= 0.6 is 11.3 Å². The summed E-state index contributed by atoms with van der Waals surface area (Å²) in [6, 6.07) is 0. The third kappa shape index (κ3) is 3.83. The van der Waals surface area contributed by atoms with Crippen molar-refractivity contribution in [3.05, 3.63) is 16.3 Å². The van der Waals surface area contributed by atoms with Crippen LogP contribution in [0.25, 0.3) is 10.2 Å². The largest absolute Gasteiger partial charge is 0.368 e. The van der Waals surface area contributed by atoms with Crippen molar-refractivity contribution in [1.82, 2.24) is 20.2 Å². The van der Waals surface area contributed by atoms with Crippen molar-refractivity contribution in [2.75, 3.05) is 31.5 Å². The van der Waals surface area contributed by atoms with E-state index in [4.69, 9.17) is 9.97 Å². The van der Waals surface area contributed by atoms with Gasteiger partial charge in [-0.05, 0) is 50.8 Å². The molecule has 0 atom stereocenters. The van der Waals surface area contributed by atoms with Gasteiger partial charge in [-0.1, -0.05) is 6.42 Å². The second-order valence-electron chi connectivity index (χ2n) is 7.27. The Kier molecular flexibility index (Phi) is 5.36. The lowest BCUT2D eigenvalue weighted by Gasteiger charge is -2.25. The van der Waals surface area contributed by atoms with Crippen molar-refractivity contribution in [3.63, 3.8) is 0 Å². The monoisotopic (exact) mass is 373 g/mol. The van der Waals surface area contributed by atoms with Crippen LogP contribution in [0.2, 0.25) is 0 Å². The summed E-state index contributed by atoms with van der Waals surface area (Å²) in [6.45, 7) is 5.96. The van der Waals surface area contributed by atoms with Crippen molar-refractivity contribution in [1.29, 1.82) is 0 Å². The molecular formula is C19H27N5OS. The zero-order valence-electron chi connectivity index (χ0n) is 15.4. The molecule has 0 radical (unpaired) electrons. The first-order valence-electron chi connectivity index (χ1n) is 9.72. The topological polar surface area (TPSA) is 70.2 Å². The van der Waals surface area contributed by atoms with Gasteiger partial charge in [0, 0.05) is 24.9 Å². The van der Waals surface area contributed by atoms with Gasteiger partial charge in [0.15, 0.2) is 0 Å². The first kappa shape index (κ1) is 17.7. The minimum atomic E-state index is 0.00171. The zero-order chi connectivity index (χ0) is 17.9. The number of nitrogens with one attached hydrogen (secondary N) is 2. The second kappa shape index (κ2) is 7.88. The molecule has 2 N–H and O–H groups in total. The number of likely N-dealkylation sites (tertiary alicyclic amines) is 1. The van der Waals surface area contributed by atoms with E-state index in [1.807, 2.05) is 11.3 Å². The summed E-state index contributed by atoms with van der Waals surface area (Å²) < 4.78 is 0. The van der Waals surface area contributed by atoms with E-state index < -0.39 is 0 Å². The van der Waals surface area contributed by atoms with Gasteiger partial charge in [-0.2, -0.15) is 0 Å². The maximum Gasteiger partial charge on any atom is 0.216 e. The van der Waals surface area contributed by atoms with Gasteiger partial charge in [0.2, 0.25) is 5.91 Å². The minimum absolute atomic E-state index is 0.00171. The van der Waals surface area contributed by atoms with E-state index in [1.165, 1.54) is 47.9 Å². The molecule has 4 rings (SSSR count). The van der Waals surface area contributed by atoms with E-state index in [-0.39, 0.29) is 5.91 Å². The lowest BCUT2D eigenvalue weighted by Crippen LogP contribution is -2.30. The van der Waals surface area contributed by atoms with E-state index >= 15 is 0 Å². The molecule has 0 saturated carbocycles. The van der Waals surface area contributed by atoms with Gasteiger partial charge in [-0.15, -0.1) is 11.3 Å². The number of fused-ring (bicyclic) bond motifs is 3. The van der Waals surface area contributed by atoms with E-state index in [0.717, 1.165) is 42.5 Å². The zero-order valence-corrected chi connectivity index (χ0v) is 16.3. The van der Waals surface area contributed by atoms with Crippen molar-refractivity contribution in [2.24, 2.45) is 0 Å². The average Bonchev–Trinajstić information content (AvgIpc) is 3.20. The number of aryl methyl sites for hydroxylation is 2. The minimum Gasteiger partial charge on any atom is -0.368 e. The molecule has 1 aliphatic carbocycles. The number of nitrogens with zero attached hydrogens (tertiary/aromatic N) is 3. The van der Waals surface area contributed by atoms with Crippen LogP contribution in [0.5, 0.6) is 0 Å². The maximum atomic E-state index is 11.1. The van der Waals surface area contributed by atoms with Crippen molar-refractivity contribution >= 4 is 33.3 Å². The summed E-state index contributed by atoms with van der Waals surface area (Å²) in [6.07, 6.45) is 7.42. The Labute approximate surface area is 158 Å². The molecule has 6 nitrogen and oxygen atoms in total. The molecule has 7 heteroatoms. The van der Waals surface area contributed by atoms with Gasteiger partial charge in [0.25, 0.3) is 0 Å². The fraction of sp³-hybridized carbons (Fsp3) is 0.632. The third-order valence-electron chi connectivity index (χ3n) is 5.22. The van der Waals surface area contributed by atoms with Crippen LogP contribution < -0.4 is 10.6 Å². The van der Waals surface area contributed by atoms with Crippen LogP contribution in [0.15, 0.2) is 0 Å². The van der Waals surface area contributed by atoms with E-state index in [0.29, 0.717) is 13.1 Å². The highest BCUT2D eigenvalue weighted by atomic mass is 32.1. The number of carbonyl (C=O) groups is 1. The van der Waals surface area contributed by atoms with Gasteiger partial charge in [0.05, 0.1) is 11.9 Å². The normalized spacial score (nSPS) is 17.4. The molecule has 0 spiro atoms. The van der Waals surface area contributed by atoms with Crippen LogP contribution in [-0.2, 0) is 24.2 Å². The fourth-order valence-corrected chi connectivity index (χ4v) is 5.26. The Hall–Kier alpha value is -1.73. The highest BCUT2D eigenvalue weighted by Gasteiger charge is 2.23. The summed E-state index contributed by atoms with van der Waals surface area (Å²) in [5, 5.41) is 7.51. The van der Waals surface area contributed by atoms with Crippen LogP contribution in [0.4, 0.5) is 5.82 Å². The Morgan fingerprint density at radius 1 is 1.12 bits per heavy atom. The van der Waals surface area contributed by atoms with Crippen LogP contribution in [0.3, 0.4) is 0 Å². The van der Waals surface area contributed by atoms with Crippen LogP contribution in [0, 0.1) is 0 Å². The predicted molar refractivity (Wildman–Crippen MR) is 106 cm³/mol. The summed E-state index contributed by atoms with van der Waals surface area (Å²) in [7, 11) is 0. The molecule has 2 aromatic heterocycles. The molecule has 3 heterocycles. The van der Waals surface area contributed by atoms with E-state index in [1.54, 1.807) is 6.92 Å². The SMILES string of the molecule is CC(=O)NCCNc1nc(CN2CCCCC2)nc2sc3c(c12)CCC3. The molecule has 1 aliphatic heterocycles. The van der Waals surface area contributed by atoms with Crippen molar-refractivity contribution < 1.29 is 4.79 Å². The molecule has 2 aliphatic rings. The Balaban J connectivity index is 1.58. The van der Waals surface area contributed by atoms with E-state index in [9.17, 15) is 4.79 Å². The van der Waals surface area contributed by atoms with E-state index in [2.05, 4.69) is 15.5 Å². The second-order valence-corrected chi connectivity index (χ2v) is 8.36. The number of hydrogen-bond acceptors (Lipinski definition) is 6. The molecule has 1 fully saturated rings. The molecular weight excluding hydrogens is 346 g/mol. The maximum absolute atomic E-state index is 11.1. The lowest BCUT2D eigenvalue weighted by atomic mass is 10.1. The van der Waals surface area contributed by atoms with Gasteiger partial charge >= 0.3 is 0 Å². The smallest absolute Gasteiger partial charge is 0.216 e. The quantitative estimate of drug-likeness (QED) is 0.762. The number of thiophene rings is 1. The van der Waals surface area contributed by atoms with Gasteiger partial charge in [-0.25, -0.2) is 9.97 Å². The third-order valence-corrected chi connectivity index (χ3v) is 6.40. The molecule has 1 saturated heterocycles. The van der Waals surface area contributed by atoms with Gasteiger partial charge in [0.1, 0.15) is 16.5 Å². The number of carbonyl (C=O) groups excluding carboxylic acids is 1. The van der Waals surface area contributed by atoms with Gasteiger partial charge < -0.3 is 10.6 Å². The van der Waals surface area contributed by atoms with Crippen LogP contribution in [-0.4, -0.2) is 47.0 Å². The highest BCUT2D eigenvalue weighted by molar-refractivity contribution is 7.19. The molecule has 0 aromatic carbocycles. The fourth-order valence-electron chi connectivity index (χ4n) is 3.98. The van der Waals surface area contributed by atoms with Crippen molar-refractivity contribution in [3.8, 4) is 0 Å². The van der Waals surface area contributed by atoms with Crippen molar-refractivity contribution in [2.45, 2.75) is 52.0 Å². The summed E-state index contributed by atoms with van der Waals surface area (Å²) in [5.41, 5.74) is 1.44. The lowest BCUT2D eigenvalue weighted by molar-refractivity contribution is -0.118. The standard InChI is InChI=1S/C19H27N5OS/c1-13(25)20-8-9-21-18-17-14-6-5-7-15(14)26-19(17)23-16(22-18)12-24-10-3-2-4-11-24/h2-12H2,1H3,(H,20,25)(H,21,22,23). The Bertz CT molecular complexity index is 797. The number of piperidine rings is 1. The number of anilines is 1. The average molecular weight is 374 g/mol. The molecule has 0 bridgehead atoms.